The molecule has 82 valence electrons. The zero-order valence-corrected chi connectivity index (χ0v) is 9.49. The number of hydrogen-bond acceptors (Lipinski definition) is 2. The summed E-state index contributed by atoms with van der Waals surface area (Å²) in [4.78, 5) is 0. The zero-order valence-electron chi connectivity index (χ0n) is 9.49. The second-order valence-corrected chi connectivity index (χ2v) is 4.30. The summed E-state index contributed by atoms with van der Waals surface area (Å²) in [6.45, 7) is 5.22. The van der Waals surface area contributed by atoms with Crippen LogP contribution in [0, 0.1) is 0 Å². The molecule has 0 radical (unpaired) electrons. The summed E-state index contributed by atoms with van der Waals surface area (Å²) < 4.78 is 5.72. The van der Waals surface area contributed by atoms with E-state index < -0.39 is 0 Å². The average molecular weight is 205 g/mol. The molecular formula is C13H19NO. The third-order valence-corrected chi connectivity index (χ3v) is 3.01. The van der Waals surface area contributed by atoms with Crippen molar-refractivity contribution in [2.24, 2.45) is 0 Å². The highest BCUT2D eigenvalue weighted by Crippen LogP contribution is 2.23. The van der Waals surface area contributed by atoms with Gasteiger partial charge in [0.25, 0.3) is 0 Å². The third-order valence-electron chi connectivity index (χ3n) is 3.01. The van der Waals surface area contributed by atoms with E-state index in [4.69, 9.17) is 4.74 Å². The van der Waals surface area contributed by atoms with Gasteiger partial charge >= 0.3 is 0 Å². The Morgan fingerprint density at radius 2 is 2.27 bits per heavy atom. The molecule has 2 nitrogen and oxygen atoms in total. The first-order chi connectivity index (χ1) is 7.29. The smallest absolute Gasteiger partial charge is 0.122 e. The molecule has 1 aliphatic heterocycles. The van der Waals surface area contributed by atoms with E-state index in [1.165, 1.54) is 5.56 Å². The number of ether oxygens (including phenoxy) is 1. The molecule has 15 heavy (non-hydrogen) atoms. The summed E-state index contributed by atoms with van der Waals surface area (Å²) in [7, 11) is 0. The van der Waals surface area contributed by atoms with Crippen molar-refractivity contribution >= 4 is 0 Å². The first-order valence-electron chi connectivity index (χ1n) is 5.76. The van der Waals surface area contributed by atoms with Gasteiger partial charge in [0.2, 0.25) is 0 Å². The monoisotopic (exact) mass is 205 g/mol. The van der Waals surface area contributed by atoms with Crippen LogP contribution in [-0.4, -0.2) is 18.7 Å². The summed E-state index contributed by atoms with van der Waals surface area (Å²) >= 11 is 0. The fourth-order valence-electron chi connectivity index (χ4n) is 1.96. The molecule has 1 aromatic carbocycles. The molecule has 0 saturated heterocycles. The van der Waals surface area contributed by atoms with Crippen molar-refractivity contribution in [3.8, 4) is 5.75 Å². The highest BCUT2D eigenvalue weighted by Gasteiger charge is 2.19. The first-order valence-corrected chi connectivity index (χ1v) is 5.76. The third kappa shape index (κ3) is 2.51. The molecule has 0 amide bonds. The fourth-order valence-corrected chi connectivity index (χ4v) is 1.96. The van der Waals surface area contributed by atoms with Crippen molar-refractivity contribution in [3.63, 3.8) is 0 Å². The van der Waals surface area contributed by atoms with Gasteiger partial charge in [-0.15, -0.1) is 0 Å². The van der Waals surface area contributed by atoms with Gasteiger partial charge in [-0.2, -0.15) is 0 Å². The standard InChI is InChI=1S/C13H19NO/c1-3-10(2)14-12-8-11-6-4-5-7-13(11)15-9-12/h4-7,10,12,14H,3,8-9H2,1-2H3. The molecule has 0 saturated carbocycles. The Kier molecular flexibility index (Phi) is 3.27. The maximum Gasteiger partial charge on any atom is 0.122 e. The minimum Gasteiger partial charge on any atom is -0.492 e. The highest BCUT2D eigenvalue weighted by molar-refractivity contribution is 5.35. The maximum atomic E-state index is 5.72. The van der Waals surface area contributed by atoms with Gasteiger partial charge in [0.15, 0.2) is 0 Å². The van der Waals surface area contributed by atoms with Gasteiger partial charge in [0.1, 0.15) is 12.4 Å². The predicted molar refractivity (Wildman–Crippen MR) is 62.3 cm³/mol. The minimum atomic E-state index is 0.467. The molecule has 0 spiro atoms. The van der Waals surface area contributed by atoms with Gasteiger partial charge in [0, 0.05) is 12.1 Å². The molecule has 1 aromatic rings. The van der Waals surface area contributed by atoms with Crippen LogP contribution >= 0.6 is 0 Å². The van der Waals surface area contributed by atoms with Gasteiger partial charge in [-0.3, -0.25) is 0 Å². The predicted octanol–water partition coefficient (Wildman–Crippen LogP) is 2.38. The van der Waals surface area contributed by atoms with Crippen molar-refractivity contribution < 1.29 is 4.74 Å². The normalized spacial score (nSPS) is 21.6. The van der Waals surface area contributed by atoms with Crippen LogP contribution < -0.4 is 10.1 Å². The van der Waals surface area contributed by atoms with Gasteiger partial charge in [-0.25, -0.2) is 0 Å². The number of para-hydroxylation sites is 1. The van der Waals surface area contributed by atoms with Crippen LogP contribution in [0.2, 0.25) is 0 Å². The molecule has 0 aromatic heterocycles. The zero-order chi connectivity index (χ0) is 10.7. The number of benzene rings is 1. The Hall–Kier alpha value is -1.02. The number of fused-ring (bicyclic) bond motifs is 1. The molecule has 0 bridgehead atoms. The van der Waals surface area contributed by atoms with Crippen molar-refractivity contribution in [3.05, 3.63) is 29.8 Å². The summed E-state index contributed by atoms with van der Waals surface area (Å²) in [6, 6.07) is 9.35. The van der Waals surface area contributed by atoms with Crippen LogP contribution in [-0.2, 0) is 6.42 Å². The molecule has 0 fully saturated rings. The van der Waals surface area contributed by atoms with Crippen LogP contribution in [0.15, 0.2) is 24.3 Å². The van der Waals surface area contributed by atoms with E-state index in [2.05, 4.69) is 37.4 Å². The Morgan fingerprint density at radius 1 is 1.47 bits per heavy atom. The molecule has 2 rings (SSSR count). The number of nitrogens with one attached hydrogen (secondary N) is 1. The molecule has 1 N–H and O–H groups in total. The quantitative estimate of drug-likeness (QED) is 0.818. The SMILES string of the molecule is CCC(C)NC1COc2ccccc2C1. The van der Waals surface area contributed by atoms with E-state index in [9.17, 15) is 0 Å². The Bertz CT molecular complexity index is 324. The summed E-state index contributed by atoms with van der Waals surface area (Å²) in [5.74, 6) is 1.06. The molecule has 2 atom stereocenters. The Balaban J connectivity index is 1.99. The summed E-state index contributed by atoms with van der Waals surface area (Å²) in [6.07, 6.45) is 2.25. The Morgan fingerprint density at radius 3 is 3.07 bits per heavy atom. The number of hydrogen-bond donors (Lipinski definition) is 1. The minimum absolute atomic E-state index is 0.467. The molecular weight excluding hydrogens is 186 g/mol. The van der Waals surface area contributed by atoms with Crippen LogP contribution in [0.1, 0.15) is 25.8 Å². The largest absolute Gasteiger partial charge is 0.492 e. The van der Waals surface area contributed by atoms with Crippen molar-refractivity contribution in [1.82, 2.24) is 5.32 Å². The van der Waals surface area contributed by atoms with Gasteiger partial charge in [-0.1, -0.05) is 25.1 Å². The van der Waals surface area contributed by atoms with Crippen LogP contribution in [0.3, 0.4) is 0 Å². The van der Waals surface area contributed by atoms with Crippen LogP contribution in [0.25, 0.3) is 0 Å². The maximum absolute atomic E-state index is 5.72. The second kappa shape index (κ2) is 4.67. The van der Waals surface area contributed by atoms with Gasteiger partial charge in [0.05, 0.1) is 0 Å². The molecule has 2 unspecified atom stereocenters. The highest BCUT2D eigenvalue weighted by atomic mass is 16.5. The van der Waals surface area contributed by atoms with E-state index in [0.29, 0.717) is 12.1 Å². The van der Waals surface area contributed by atoms with E-state index in [0.717, 1.165) is 25.2 Å². The summed E-state index contributed by atoms with van der Waals surface area (Å²) in [5.41, 5.74) is 1.32. The fraction of sp³-hybridized carbons (Fsp3) is 0.538. The van der Waals surface area contributed by atoms with E-state index >= 15 is 0 Å². The molecule has 1 aliphatic rings. The lowest BCUT2D eigenvalue weighted by molar-refractivity contribution is 0.228. The van der Waals surface area contributed by atoms with E-state index in [1.807, 2.05) is 6.07 Å². The summed E-state index contributed by atoms with van der Waals surface area (Å²) in [5, 5.41) is 3.58. The number of rotatable bonds is 3. The van der Waals surface area contributed by atoms with Crippen LogP contribution in [0.4, 0.5) is 0 Å². The van der Waals surface area contributed by atoms with Crippen LogP contribution in [0.5, 0.6) is 5.75 Å². The second-order valence-electron chi connectivity index (χ2n) is 4.30. The molecule has 1 heterocycles. The lowest BCUT2D eigenvalue weighted by Crippen LogP contribution is -2.43. The van der Waals surface area contributed by atoms with Crippen molar-refractivity contribution in [1.29, 1.82) is 0 Å². The molecule has 0 aliphatic carbocycles. The van der Waals surface area contributed by atoms with E-state index in [-0.39, 0.29) is 0 Å². The van der Waals surface area contributed by atoms with Crippen molar-refractivity contribution in [2.75, 3.05) is 6.61 Å². The first kappa shape index (κ1) is 10.5. The van der Waals surface area contributed by atoms with Crippen molar-refractivity contribution in [2.45, 2.75) is 38.8 Å². The van der Waals surface area contributed by atoms with E-state index in [1.54, 1.807) is 0 Å². The Labute approximate surface area is 91.6 Å². The topological polar surface area (TPSA) is 21.3 Å². The lowest BCUT2D eigenvalue weighted by Gasteiger charge is -2.28. The lowest BCUT2D eigenvalue weighted by atomic mass is 10.0. The van der Waals surface area contributed by atoms with Gasteiger partial charge < -0.3 is 10.1 Å². The van der Waals surface area contributed by atoms with Gasteiger partial charge in [-0.05, 0) is 31.4 Å². The molecule has 2 heteroatoms. The average Bonchev–Trinajstić information content (AvgIpc) is 2.29.